The van der Waals surface area contributed by atoms with Crippen LogP contribution in [0.4, 0.5) is 4.39 Å². The van der Waals surface area contributed by atoms with Crippen LogP contribution in [-0.2, 0) is 27.9 Å². The smallest absolute Gasteiger partial charge is 0.158 e. The normalized spacial score (nSPS) is 11.6. The number of rotatable bonds is 5. The predicted octanol–water partition coefficient (Wildman–Crippen LogP) is 3.05. The molecule has 2 rings (SSSR count). The molecule has 0 fully saturated rings. The molecule has 2 aromatic rings. The zero-order chi connectivity index (χ0) is 15.5. The van der Waals surface area contributed by atoms with Crippen LogP contribution in [-0.4, -0.2) is 8.42 Å². The highest BCUT2D eigenvalue weighted by atomic mass is 35.5. The van der Waals surface area contributed by atoms with E-state index in [1.807, 2.05) is 0 Å². The van der Waals surface area contributed by atoms with Crippen molar-refractivity contribution in [1.82, 2.24) is 0 Å². The van der Waals surface area contributed by atoms with Crippen molar-refractivity contribution in [3.63, 3.8) is 0 Å². The van der Waals surface area contributed by atoms with Crippen molar-refractivity contribution in [3.8, 4) is 0 Å². The molecule has 0 saturated carbocycles. The summed E-state index contributed by atoms with van der Waals surface area (Å²) in [7, 11) is -3.34. The Kier molecular flexibility index (Phi) is 4.98. The molecular weight excluding hydrogens is 313 g/mol. The van der Waals surface area contributed by atoms with Gasteiger partial charge in [-0.2, -0.15) is 0 Å². The monoisotopic (exact) mass is 327 g/mol. The first-order valence-electron chi connectivity index (χ1n) is 6.32. The average Bonchev–Trinajstić information content (AvgIpc) is 2.43. The van der Waals surface area contributed by atoms with E-state index in [0.29, 0.717) is 21.7 Å². The lowest BCUT2D eigenvalue weighted by atomic mass is 10.1. The summed E-state index contributed by atoms with van der Waals surface area (Å²) in [5.74, 6) is -0.654. The van der Waals surface area contributed by atoms with E-state index in [1.165, 1.54) is 18.2 Å². The fourth-order valence-corrected chi connectivity index (χ4v) is 3.63. The summed E-state index contributed by atoms with van der Waals surface area (Å²) in [6.45, 7) is 0.0386. The summed E-state index contributed by atoms with van der Waals surface area (Å²) in [6.07, 6.45) is 0. The number of hydrogen-bond acceptors (Lipinski definition) is 3. The lowest BCUT2D eigenvalue weighted by molar-refractivity contribution is 0.593. The topological polar surface area (TPSA) is 60.2 Å². The van der Waals surface area contributed by atoms with Crippen LogP contribution in [0.2, 0.25) is 5.02 Å². The van der Waals surface area contributed by atoms with Crippen LogP contribution in [0.15, 0.2) is 42.5 Å². The van der Waals surface area contributed by atoms with E-state index in [-0.39, 0.29) is 18.1 Å². The number of nitrogens with two attached hydrogens (primary N) is 1. The molecule has 0 unspecified atom stereocenters. The maximum atomic E-state index is 13.3. The van der Waals surface area contributed by atoms with Crippen LogP contribution >= 0.6 is 11.6 Å². The molecule has 0 spiro atoms. The summed E-state index contributed by atoms with van der Waals surface area (Å²) in [5.41, 5.74) is 6.93. The van der Waals surface area contributed by atoms with Gasteiger partial charge in [0.2, 0.25) is 0 Å². The second-order valence-electron chi connectivity index (χ2n) is 4.79. The Balaban J connectivity index is 2.15. The first-order valence-corrected chi connectivity index (χ1v) is 8.52. The van der Waals surface area contributed by atoms with Crippen LogP contribution in [0.3, 0.4) is 0 Å². The van der Waals surface area contributed by atoms with Gasteiger partial charge in [-0.3, -0.25) is 0 Å². The molecule has 0 aliphatic carbocycles. The third-order valence-electron chi connectivity index (χ3n) is 3.02. The summed E-state index contributed by atoms with van der Waals surface area (Å²) in [4.78, 5) is 0. The minimum atomic E-state index is -3.34. The molecule has 0 radical (unpaired) electrons. The molecular formula is C15H15ClFNO2S. The van der Waals surface area contributed by atoms with Gasteiger partial charge in [0.15, 0.2) is 9.84 Å². The van der Waals surface area contributed by atoms with E-state index in [9.17, 15) is 12.8 Å². The molecule has 112 valence electrons. The summed E-state index contributed by atoms with van der Waals surface area (Å²) in [6, 6.07) is 10.9. The van der Waals surface area contributed by atoms with E-state index < -0.39 is 15.7 Å². The van der Waals surface area contributed by atoms with Crippen LogP contribution in [0.25, 0.3) is 0 Å². The zero-order valence-electron chi connectivity index (χ0n) is 11.2. The van der Waals surface area contributed by atoms with Crippen LogP contribution in [0.5, 0.6) is 0 Å². The van der Waals surface area contributed by atoms with E-state index in [0.717, 1.165) is 0 Å². The first kappa shape index (κ1) is 15.9. The highest BCUT2D eigenvalue weighted by molar-refractivity contribution is 7.89. The van der Waals surface area contributed by atoms with Crippen LogP contribution in [0, 0.1) is 5.82 Å². The van der Waals surface area contributed by atoms with E-state index >= 15 is 0 Å². The summed E-state index contributed by atoms with van der Waals surface area (Å²) < 4.78 is 37.7. The first-order chi connectivity index (χ1) is 9.89. The van der Waals surface area contributed by atoms with Gasteiger partial charge >= 0.3 is 0 Å². The summed E-state index contributed by atoms with van der Waals surface area (Å²) in [5, 5.41) is 0.558. The minimum absolute atomic E-state index is 0.0386. The van der Waals surface area contributed by atoms with Gasteiger partial charge in [0.05, 0.1) is 11.5 Å². The highest BCUT2D eigenvalue weighted by Crippen LogP contribution is 2.17. The fourth-order valence-electron chi connectivity index (χ4n) is 2.01. The van der Waals surface area contributed by atoms with E-state index in [2.05, 4.69) is 0 Å². The Bertz CT molecular complexity index is 730. The second-order valence-corrected chi connectivity index (χ2v) is 7.29. The molecule has 0 bridgehead atoms. The Labute approximate surface area is 128 Å². The van der Waals surface area contributed by atoms with Gasteiger partial charge in [-0.05, 0) is 29.3 Å². The van der Waals surface area contributed by atoms with Crippen molar-refractivity contribution in [3.05, 3.63) is 70.0 Å². The lowest BCUT2D eigenvalue weighted by Gasteiger charge is -2.07. The molecule has 0 saturated heterocycles. The summed E-state index contributed by atoms with van der Waals surface area (Å²) >= 11 is 5.76. The van der Waals surface area contributed by atoms with Crippen molar-refractivity contribution in [1.29, 1.82) is 0 Å². The molecule has 0 aliphatic rings. The SMILES string of the molecule is NCc1cc(CS(=O)(=O)Cc2ccc(Cl)cc2)ccc1F. The molecule has 2 N–H and O–H groups in total. The molecule has 3 nitrogen and oxygen atoms in total. The van der Waals surface area contributed by atoms with Gasteiger partial charge in [0.1, 0.15) is 5.82 Å². The minimum Gasteiger partial charge on any atom is -0.326 e. The van der Waals surface area contributed by atoms with Gasteiger partial charge in [-0.25, -0.2) is 12.8 Å². The van der Waals surface area contributed by atoms with Gasteiger partial charge in [-0.15, -0.1) is 0 Å². The van der Waals surface area contributed by atoms with Gasteiger partial charge < -0.3 is 5.73 Å². The number of benzene rings is 2. The third kappa shape index (κ3) is 4.52. The molecule has 0 aliphatic heterocycles. The molecule has 0 amide bonds. The molecule has 2 aromatic carbocycles. The van der Waals surface area contributed by atoms with Gasteiger partial charge in [-0.1, -0.05) is 35.9 Å². The largest absolute Gasteiger partial charge is 0.326 e. The molecule has 21 heavy (non-hydrogen) atoms. The van der Waals surface area contributed by atoms with Crippen LogP contribution < -0.4 is 5.73 Å². The molecule has 6 heteroatoms. The Morgan fingerprint density at radius 2 is 1.57 bits per heavy atom. The third-order valence-corrected chi connectivity index (χ3v) is 4.81. The van der Waals surface area contributed by atoms with E-state index in [4.69, 9.17) is 17.3 Å². The number of sulfone groups is 1. The standard InChI is InChI=1S/C15H15ClFNO2S/c16-14-4-1-11(2-5-14)9-21(19,20)10-12-3-6-15(17)13(7-12)8-18/h1-7H,8-10,18H2. The van der Waals surface area contributed by atoms with Gasteiger partial charge in [0.25, 0.3) is 0 Å². The zero-order valence-corrected chi connectivity index (χ0v) is 12.8. The fraction of sp³-hybridized carbons (Fsp3) is 0.200. The van der Waals surface area contributed by atoms with Gasteiger partial charge in [0, 0.05) is 17.1 Å². The maximum absolute atomic E-state index is 13.3. The Morgan fingerprint density at radius 3 is 2.19 bits per heavy atom. The quantitative estimate of drug-likeness (QED) is 0.918. The average molecular weight is 328 g/mol. The molecule has 0 heterocycles. The number of hydrogen-bond donors (Lipinski definition) is 1. The molecule has 0 aromatic heterocycles. The Hall–Kier alpha value is -1.43. The van der Waals surface area contributed by atoms with Crippen molar-refractivity contribution in [2.24, 2.45) is 5.73 Å². The number of halogens is 2. The van der Waals surface area contributed by atoms with E-state index in [1.54, 1.807) is 24.3 Å². The highest BCUT2D eigenvalue weighted by Gasteiger charge is 2.14. The van der Waals surface area contributed by atoms with Crippen molar-refractivity contribution in [2.45, 2.75) is 18.1 Å². The second kappa shape index (κ2) is 6.56. The Morgan fingerprint density at radius 1 is 1.00 bits per heavy atom. The van der Waals surface area contributed by atoms with Crippen LogP contribution in [0.1, 0.15) is 16.7 Å². The van der Waals surface area contributed by atoms with Crippen molar-refractivity contribution in [2.75, 3.05) is 0 Å². The maximum Gasteiger partial charge on any atom is 0.158 e. The predicted molar refractivity (Wildman–Crippen MR) is 82.1 cm³/mol. The van der Waals surface area contributed by atoms with Crippen molar-refractivity contribution < 1.29 is 12.8 Å². The lowest BCUT2D eigenvalue weighted by Crippen LogP contribution is -2.09. The molecule has 0 atom stereocenters. The van der Waals surface area contributed by atoms with Crippen molar-refractivity contribution >= 4 is 21.4 Å².